The molecule has 2 aromatic carbocycles. The lowest BCUT2D eigenvalue weighted by Gasteiger charge is -2.35. The molecule has 0 unspecified atom stereocenters. The van der Waals surface area contributed by atoms with Gasteiger partial charge >= 0.3 is 0 Å². The van der Waals surface area contributed by atoms with Crippen molar-refractivity contribution in [1.29, 1.82) is 0 Å². The summed E-state index contributed by atoms with van der Waals surface area (Å²) in [4.78, 5) is 0. The fraction of sp³-hybridized carbons (Fsp3) is 0.400. The fourth-order valence-corrected chi connectivity index (χ4v) is 5.56. The zero-order valence-electron chi connectivity index (χ0n) is 14.7. The zero-order valence-corrected chi connectivity index (χ0v) is 15.7. The molecule has 0 saturated carbocycles. The number of likely N-dealkylation sites (N-methyl/N-ethyl adjacent to an activating group) is 1. The summed E-state index contributed by atoms with van der Waals surface area (Å²) in [6.45, 7) is 8.57. The van der Waals surface area contributed by atoms with E-state index in [0.29, 0.717) is 5.54 Å². The minimum Gasteiger partial charge on any atom is -0.414 e. The maximum absolute atomic E-state index is 6.46. The van der Waals surface area contributed by atoms with E-state index in [1.165, 1.54) is 11.1 Å². The number of rotatable bonds is 7. The normalized spacial score (nSPS) is 12.1. The highest BCUT2D eigenvalue weighted by molar-refractivity contribution is 6.58. The van der Waals surface area contributed by atoms with Crippen molar-refractivity contribution in [3.05, 3.63) is 71.8 Å². The molecule has 23 heavy (non-hydrogen) atoms. The zero-order chi connectivity index (χ0) is 16.7. The molecule has 3 heteroatoms. The maximum Gasteiger partial charge on any atom is 0.229 e. The third-order valence-corrected chi connectivity index (χ3v) is 7.06. The second-order valence-electron chi connectivity index (χ2n) is 6.82. The molecule has 2 aromatic rings. The van der Waals surface area contributed by atoms with Crippen LogP contribution in [0.1, 0.15) is 37.4 Å². The second kappa shape index (κ2) is 8.43. The van der Waals surface area contributed by atoms with Crippen LogP contribution in [0.5, 0.6) is 0 Å². The van der Waals surface area contributed by atoms with Crippen molar-refractivity contribution < 1.29 is 4.43 Å². The Morgan fingerprint density at radius 2 is 1.39 bits per heavy atom. The average molecular weight is 327 g/mol. The van der Waals surface area contributed by atoms with Gasteiger partial charge in [-0.2, -0.15) is 0 Å². The molecule has 0 aliphatic rings. The number of hydrogen-bond acceptors (Lipinski definition) is 2. The molecule has 0 bridgehead atoms. The van der Waals surface area contributed by atoms with E-state index in [9.17, 15) is 0 Å². The highest BCUT2D eigenvalue weighted by Gasteiger charge is 2.38. The van der Waals surface area contributed by atoms with Crippen LogP contribution in [-0.4, -0.2) is 29.2 Å². The van der Waals surface area contributed by atoms with Gasteiger partial charge < -0.3 is 9.74 Å². The summed E-state index contributed by atoms with van der Waals surface area (Å²) in [6.07, 6.45) is 0. The van der Waals surface area contributed by atoms with Crippen molar-refractivity contribution in [2.45, 2.75) is 31.4 Å². The first kappa shape index (κ1) is 17.9. The van der Waals surface area contributed by atoms with Gasteiger partial charge in [-0.15, -0.1) is 0 Å². The van der Waals surface area contributed by atoms with Gasteiger partial charge in [0.05, 0.1) is 0 Å². The van der Waals surface area contributed by atoms with E-state index in [1.807, 2.05) is 7.05 Å². The highest BCUT2D eigenvalue weighted by atomic mass is 28.3. The van der Waals surface area contributed by atoms with Gasteiger partial charge in [-0.25, -0.2) is 0 Å². The molecular weight excluding hydrogens is 298 g/mol. The third kappa shape index (κ3) is 5.03. The molecule has 0 aliphatic carbocycles. The molecule has 1 radical (unpaired) electrons. The molecule has 0 aromatic heterocycles. The lowest BCUT2D eigenvalue weighted by Crippen LogP contribution is -2.38. The second-order valence-corrected chi connectivity index (χ2v) is 9.92. The molecule has 2 nitrogen and oxygen atoms in total. The first-order chi connectivity index (χ1) is 11.0. The summed E-state index contributed by atoms with van der Waals surface area (Å²) in [6, 6.07) is 21.6. The van der Waals surface area contributed by atoms with Gasteiger partial charge in [-0.05, 0) is 23.2 Å². The highest BCUT2D eigenvalue weighted by Crippen LogP contribution is 2.40. The lowest BCUT2D eigenvalue weighted by molar-refractivity contribution is 0.298. The standard InChI is InChI=1S/C20H28NOSi/c1-20(2,3)23(22-16-15-21-4)19(17-11-7-5-8-12-17)18-13-9-6-10-14-18/h5-14,19,21H,15-16H2,1-4H3. The van der Waals surface area contributed by atoms with Crippen molar-refractivity contribution in [2.24, 2.45) is 0 Å². The Morgan fingerprint density at radius 1 is 0.913 bits per heavy atom. The minimum atomic E-state index is -1.12. The van der Waals surface area contributed by atoms with E-state index in [1.54, 1.807) is 0 Å². The molecule has 0 atom stereocenters. The van der Waals surface area contributed by atoms with Gasteiger partial charge in [-0.3, -0.25) is 0 Å². The smallest absolute Gasteiger partial charge is 0.229 e. The van der Waals surface area contributed by atoms with E-state index in [4.69, 9.17) is 4.43 Å². The predicted octanol–water partition coefficient (Wildman–Crippen LogP) is 4.39. The lowest BCUT2D eigenvalue weighted by atomic mass is 10.0. The Balaban J connectivity index is 2.41. The van der Waals surface area contributed by atoms with Crippen LogP contribution in [0.25, 0.3) is 0 Å². The molecule has 0 saturated heterocycles. The van der Waals surface area contributed by atoms with E-state index in [-0.39, 0.29) is 5.04 Å². The molecule has 123 valence electrons. The summed E-state index contributed by atoms with van der Waals surface area (Å²) >= 11 is 0. The predicted molar refractivity (Wildman–Crippen MR) is 100 cm³/mol. The van der Waals surface area contributed by atoms with Crippen molar-refractivity contribution in [2.75, 3.05) is 20.2 Å². The summed E-state index contributed by atoms with van der Waals surface area (Å²) < 4.78 is 6.46. The molecule has 0 heterocycles. The topological polar surface area (TPSA) is 21.3 Å². The monoisotopic (exact) mass is 326 g/mol. The quantitative estimate of drug-likeness (QED) is 0.602. The van der Waals surface area contributed by atoms with E-state index >= 15 is 0 Å². The summed E-state index contributed by atoms with van der Waals surface area (Å²) in [5, 5.41) is 3.33. The molecule has 2 rings (SSSR count). The molecule has 0 fully saturated rings. The van der Waals surface area contributed by atoms with Crippen molar-refractivity contribution in [1.82, 2.24) is 5.32 Å². The fourth-order valence-electron chi connectivity index (χ4n) is 2.78. The number of benzene rings is 2. The van der Waals surface area contributed by atoms with Gasteiger partial charge in [0.1, 0.15) is 0 Å². The molecule has 0 amide bonds. The largest absolute Gasteiger partial charge is 0.414 e. The van der Waals surface area contributed by atoms with Crippen LogP contribution in [0.3, 0.4) is 0 Å². The van der Waals surface area contributed by atoms with Gasteiger partial charge in [0, 0.05) is 18.7 Å². The Hall–Kier alpha value is -1.42. The van der Waals surface area contributed by atoms with Crippen LogP contribution in [-0.2, 0) is 4.43 Å². The summed E-state index contributed by atoms with van der Waals surface area (Å²) in [7, 11) is 0.855. The molecule has 0 aliphatic heterocycles. The van der Waals surface area contributed by atoms with Crippen LogP contribution in [0, 0.1) is 0 Å². The molecule has 1 N–H and O–H groups in total. The third-order valence-electron chi connectivity index (χ3n) is 3.88. The van der Waals surface area contributed by atoms with Crippen LogP contribution >= 0.6 is 0 Å². The Kier molecular flexibility index (Phi) is 6.57. The summed E-state index contributed by atoms with van der Waals surface area (Å²) in [5.74, 6) is 0. The Bertz CT molecular complexity index is 526. The van der Waals surface area contributed by atoms with Crippen molar-refractivity contribution in [3.8, 4) is 0 Å². The van der Waals surface area contributed by atoms with E-state index in [2.05, 4.69) is 86.8 Å². The van der Waals surface area contributed by atoms with E-state index < -0.39 is 9.04 Å². The van der Waals surface area contributed by atoms with Gasteiger partial charge in [0.15, 0.2) is 0 Å². The Morgan fingerprint density at radius 3 is 1.78 bits per heavy atom. The van der Waals surface area contributed by atoms with Crippen molar-refractivity contribution >= 4 is 9.04 Å². The first-order valence-electron chi connectivity index (χ1n) is 8.28. The first-order valence-corrected chi connectivity index (χ1v) is 9.77. The SMILES string of the molecule is CNCCO[Si](C(c1ccccc1)c1ccccc1)C(C)(C)C. The summed E-state index contributed by atoms with van der Waals surface area (Å²) in [5.41, 5.74) is 3.04. The number of nitrogens with one attached hydrogen (secondary N) is 1. The van der Waals surface area contributed by atoms with Gasteiger partial charge in [-0.1, -0.05) is 81.4 Å². The average Bonchev–Trinajstić information content (AvgIpc) is 2.55. The van der Waals surface area contributed by atoms with E-state index in [0.717, 1.165) is 13.2 Å². The number of hydrogen-bond donors (Lipinski definition) is 1. The van der Waals surface area contributed by atoms with Crippen molar-refractivity contribution in [3.63, 3.8) is 0 Å². The van der Waals surface area contributed by atoms with Gasteiger partial charge in [0.25, 0.3) is 0 Å². The van der Waals surface area contributed by atoms with Gasteiger partial charge in [0.2, 0.25) is 9.04 Å². The molecular formula is C20H28NOSi. The maximum atomic E-state index is 6.46. The Labute approximate surface area is 142 Å². The van der Waals surface area contributed by atoms with Crippen LogP contribution in [0.4, 0.5) is 0 Å². The van der Waals surface area contributed by atoms with Crippen LogP contribution in [0.2, 0.25) is 5.04 Å². The van der Waals surface area contributed by atoms with Crippen LogP contribution < -0.4 is 5.32 Å². The van der Waals surface area contributed by atoms with Crippen LogP contribution in [0.15, 0.2) is 60.7 Å². The molecule has 0 spiro atoms. The minimum absolute atomic E-state index is 0.148.